The fourth-order valence-electron chi connectivity index (χ4n) is 1.90. The molecule has 1 aliphatic rings. The highest BCUT2D eigenvalue weighted by atomic mass is 32.2. The Labute approximate surface area is 83.8 Å². The van der Waals surface area contributed by atoms with Gasteiger partial charge >= 0.3 is 5.30 Å². The molecule has 76 valence electrons. The molecule has 1 heterocycles. The van der Waals surface area contributed by atoms with E-state index in [4.69, 9.17) is 5.11 Å². The van der Waals surface area contributed by atoms with Gasteiger partial charge in [0.2, 0.25) is 0 Å². The van der Waals surface area contributed by atoms with Crippen LogP contribution < -0.4 is 0 Å². The van der Waals surface area contributed by atoms with Gasteiger partial charge in [0.15, 0.2) is 11.9 Å². The molecule has 4 heteroatoms. The van der Waals surface area contributed by atoms with Gasteiger partial charge in [0.25, 0.3) is 0 Å². The maximum absolute atomic E-state index is 10.7. The molecular formula is C9H18NO2S+. The smallest absolute Gasteiger partial charge is 0.422 e. The average molecular weight is 204 g/mol. The van der Waals surface area contributed by atoms with Crippen molar-refractivity contribution in [2.45, 2.75) is 32.6 Å². The van der Waals surface area contributed by atoms with E-state index in [0.29, 0.717) is 0 Å². The van der Waals surface area contributed by atoms with Gasteiger partial charge in [-0.15, -0.1) is 0 Å². The molecule has 1 rings (SSSR count). The molecule has 0 aromatic heterocycles. The molecule has 0 aromatic carbocycles. The predicted octanol–water partition coefficient (Wildman–Crippen LogP) is 2.72. The second-order valence-electron chi connectivity index (χ2n) is 3.59. The van der Waals surface area contributed by atoms with E-state index in [-0.39, 0.29) is 0 Å². The Morgan fingerprint density at radius 2 is 1.85 bits per heavy atom. The number of rotatable bonds is 2. The third-order valence-corrected chi connectivity index (χ3v) is 3.90. The van der Waals surface area contributed by atoms with E-state index >= 15 is 0 Å². The molecule has 0 radical (unpaired) electrons. The van der Waals surface area contributed by atoms with Gasteiger partial charge in [-0.3, -0.25) is 3.89 Å². The standard InChI is InChI=1S/C9H17NO2S/c1-2-10(13-9(11)12)7-5-3-4-6-8-10/h2-8H2,1H3/p+1. The van der Waals surface area contributed by atoms with Gasteiger partial charge in [0.05, 0.1) is 19.6 Å². The summed E-state index contributed by atoms with van der Waals surface area (Å²) in [4.78, 5) is 10.7. The van der Waals surface area contributed by atoms with Crippen molar-refractivity contribution in [3.8, 4) is 0 Å². The highest BCUT2D eigenvalue weighted by Gasteiger charge is 2.31. The number of carboxylic acid groups (broad SMARTS) is 1. The summed E-state index contributed by atoms with van der Waals surface area (Å²) in [5.41, 5.74) is 0. The van der Waals surface area contributed by atoms with Crippen LogP contribution in [-0.4, -0.2) is 33.9 Å². The first kappa shape index (κ1) is 10.9. The summed E-state index contributed by atoms with van der Waals surface area (Å²) < 4.78 is 0.718. The van der Waals surface area contributed by atoms with Crippen LogP contribution in [-0.2, 0) is 0 Å². The van der Waals surface area contributed by atoms with Crippen molar-refractivity contribution >= 4 is 17.2 Å². The Bertz CT molecular complexity index is 176. The van der Waals surface area contributed by atoms with Crippen molar-refractivity contribution in [3.05, 3.63) is 0 Å². The molecule has 3 nitrogen and oxygen atoms in total. The molecule has 0 saturated carbocycles. The monoisotopic (exact) mass is 204 g/mol. The highest BCUT2D eigenvalue weighted by Crippen LogP contribution is 2.28. The molecule has 1 saturated heterocycles. The minimum absolute atomic E-state index is 0.718. The second-order valence-corrected chi connectivity index (χ2v) is 4.90. The first-order valence-corrected chi connectivity index (χ1v) is 5.74. The first-order valence-electron chi connectivity index (χ1n) is 4.97. The van der Waals surface area contributed by atoms with Crippen molar-refractivity contribution in [2.75, 3.05) is 19.6 Å². The first-order chi connectivity index (χ1) is 6.18. The van der Waals surface area contributed by atoms with Gasteiger partial charge in [0, 0.05) is 0 Å². The maximum atomic E-state index is 10.7. The lowest BCUT2D eigenvalue weighted by molar-refractivity contribution is -0.791. The van der Waals surface area contributed by atoms with Crippen molar-refractivity contribution in [2.24, 2.45) is 0 Å². The van der Waals surface area contributed by atoms with E-state index < -0.39 is 5.30 Å². The molecule has 1 N–H and O–H groups in total. The van der Waals surface area contributed by atoms with Crippen molar-refractivity contribution in [1.29, 1.82) is 0 Å². The van der Waals surface area contributed by atoms with Crippen molar-refractivity contribution < 1.29 is 13.8 Å². The van der Waals surface area contributed by atoms with Crippen molar-refractivity contribution in [3.63, 3.8) is 0 Å². The Hall–Kier alpha value is -0.220. The van der Waals surface area contributed by atoms with Crippen molar-refractivity contribution in [1.82, 2.24) is 0 Å². The van der Waals surface area contributed by atoms with E-state index in [1.54, 1.807) is 0 Å². The minimum atomic E-state index is -0.733. The zero-order chi connectivity index (χ0) is 9.73. The second kappa shape index (κ2) is 4.86. The van der Waals surface area contributed by atoms with Crippen LogP contribution in [0, 0.1) is 0 Å². The highest BCUT2D eigenvalue weighted by molar-refractivity contribution is 8.08. The van der Waals surface area contributed by atoms with E-state index in [9.17, 15) is 4.79 Å². The molecule has 0 atom stereocenters. The van der Waals surface area contributed by atoms with Crippen LogP contribution in [0.5, 0.6) is 0 Å². The van der Waals surface area contributed by atoms with Crippen LogP contribution in [0.15, 0.2) is 0 Å². The molecule has 0 bridgehead atoms. The number of likely N-dealkylation sites (tertiary alicyclic amines) is 1. The molecule has 0 amide bonds. The molecule has 0 unspecified atom stereocenters. The summed E-state index contributed by atoms with van der Waals surface area (Å²) in [5, 5.41) is 8.07. The molecule has 13 heavy (non-hydrogen) atoms. The van der Waals surface area contributed by atoms with Crippen LogP contribution >= 0.6 is 11.9 Å². The van der Waals surface area contributed by atoms with Gasteiger partial charge in [-0.1, -0.05) is 0 Å². The quantitative estimate of drug-likeness (QED) is 0.555. The fourth-order valence-corrected chi connectivity index (χ4v) is 2.80. The zero-order valence-electron chi connectivity index (χ0n) is 8.16. The zero-order valence-corrected chi connectivity index (χ0v) is 8.98. The largest absolute Gasteiger partial charge is 0.469 e. The Kier molecular flexibility index (Phi) is 4.06. The average Bonchev–Trinajstić information content (AvgIpc) is 2.30. The number of hydrogen-bond donors (Lipinski definition) is 1. The third kappa shape index (κ3) is 3.19. The number of quaternary nitrogens is 1. The number of hydrogen-bond acceptors (Lipinski definition) is 2. The van der Waals surface area contributed by atoms with Crippen LogP contribution in [0.4, 0.5) is 4.79 Å². The SMILES string of the molecule is CC[N+]1(SC(=O)O)CCCCCC1. The lowest BCUT2D eigenvalue weighted by Gasteiger charge is -2.31. The summed E-state index contributed by atoms with van der Waals surface area (Å²) in [7, 11) is 0. The molecule has 0 spiro atoms. The summed E-state index contributed by atoms with van der Waals surface area (Å²) in [6.45, 7) is 5.05. The van der Waals surface area contributed by atoms with Gasteiger partial charge in [-0.25, -0.2) is 4.79 Å². The number of nitrogens with zero attached hydrogens (tertiary/aromatic N) is 1. The van der Waals surface area contributed by atoms with E-state index in [2.05, 4.69) is 6.92 Å². The summed E-state index contributed by atoms with van der Waals surface area (Å²) in [6, 6.07) is 0. The molecule has 1 fully saturated rings. The van der Waals surface area contributed by atoms with Crippen LogP contribution in [0.25, 0.3) is 0 Å². The van der Waals surface area contributed by atoms with E-state index in [1.165, 1.54) is 25.7 Å². The normalized spacial score (nSPS) is 22.2. The van der Waals surface area contributed by atoms with Crippen LogP contribution in [0.2, 0.25) is 0 Å². The predicted molar refractivity (Wildman–Crippen MR) is 54.6 cm³/mol. The topological polar surface area (TPSA) is 37.3 Å². The molecule has 1 aliphatic heterocycles. The van der Waals surface area contributed by atoms with Crippen LogP contribution in [0.1, 0.15) is 32.6 Å². The lowest BCUT2D eigenvalue weighted by Crippen LogP contribution is -2.42. The Balaban J connectivity index is 2.58. The number of carbonyl (C=O) groups is 1. The Morgan fingerprint density at radius 1 is 1.31 bits per heavy atom. The van der Waals surface area contributed by atoms with Gasteiger partial charge in [-0.05, 0) is 32.6 Å². The van der Waals surface area contributed by atoms with Crippen LogP contribution in [0.3, 0.4) is 0 Å². The molecular weight excluding hydrogens is 186 g/mol. The lowest BCUT2D eigenvalue weighted by atomic mass is 10.2. The van der Waals surface area contributed by atoms with Gasteiger partial charge in [0.1, 0.15) is 0 Å². The molecule has 0 aliphatic carbocycles. The fraction of sp³-hybridized carbons (Fsp3) is 0.889. The minimum Gasteiger partial charge on any atom is -0.469 e. The van der Waals surface area contributed by atoms with Gasteiger partial charge in [-0.2, -0.15) is 0 Å². The summed E-state index contributed by atoms with van der Waals surface area (Å²) >= 11 is 1.09. The summed E-state index contributed by atoms with van der Waals surface area (Å²) in [6.07, 6.45) is 4.88. The van der Waals surface area contributed by atoms with Gasteiger partial charge < -0.3 is 5.11 Å². The van der Waals surface area contributed by atoms with E-state index in [1.807, 2.05) is 0 Å². The maximum Gasteiger partial charge on any atom is 0.422 e. The van der Waals surface area contributed by atoms with E-state index in [0.717, 1.165) is 35.5 Å². The summed E-state index contributed by atoms with van der Waals surface area (Å²) in [5.74, 6) is 0. The third-order valence-electron chi connectivity index (χ3n) is 2.73. The Morgan fingerprint density at radius 3 is 2.23 bits per heavy atom. The molecule has 0 aromatic rings.